The fourth-order valence-electron chi connectivity index (χ4n) is 2.03. The first-order valence-corrected chi connectivity index (χ1v) is 6.70. The summed E-state index contributed by atoms with van der Waals surface area (Å²) >= 11 is 5.87. The number of nitrogens with two attached hydrogens (primary N) is 1. The van der Waals surface area contributed by atoms with Gasteiger partial charge in [0.2, 0.25) is 5.28 Å². The molecule has 0 saturated carbocycles. The van der Waals surface area contributed by atoms with Gasteiger partial charge in [-0.3, -0.25) is 0 Å². The molecule has 2 aromatic heterocycles. The summed E-state index contributed by atoms with van der Waals surface area (Å²) in [5.41, 5.74) is 9.98. The summed E-state index contributed by atoms with van der Waals surface area (Å²) in [5.74, 6) is 0.779. The van der Waals surface area contributed by atoms with Crippen molar-refractivity contribution in [3.8, 4) is 0 Å². The lowest BCUT2D eigenvalue weighted by atomic mass is 10.1. The number of nitrogen functional groups attached to an aromatic ring is 1. The van der Waals surface area contributed by atoms with Gasteiger partial charge in [-0.15, -0.1) is 0 Å². The van der Waals surface area contributed by atoms with Crippen molar-refractivity contribution >= 4 is 40.0 Å². The van der Waals surface area contributed by atoms with Crippen molar-refractivity contribution in [3.63, 3.8) is 0 Å². The molecular formula is C14H13ClN6. The Bertz CT molecular complexity index is 833. The van der Waals surface area contributed by atoms with Crippen LogP contribution in [0.3, 0.4) is 0 Å². The molecule has 0 aliphatic carbocycles. The second kappa shape index (κ2) is 5.14. The Kier molecular flexibility index (Phi) is 3.31. The lowest BCUT2D eigenvalue weighted by molar-refractivity contribution is 1.15. The minimum absolute atomic E-state index is 0.0683. The van der Waals surface area contributed by atoms with Crippen LogP contribution < -0.4 is 11.1 Å². The largest absolute Gasteiger partial charge is 0.382 e. The van der Waals surface area contributed by atoms with Crippen molar-refractivity contribution < 1.29 is 0 Å². The van der Waals surface area contributed by atoms with Crippen molar-refractivity contribution in [2.75, 3.05) is 11.1 Å². The lowest BCUT2D eigenvalue weighted by Gasteiger charge is -2.11. The van der Waals surface area contributed by atoms with Gasteiger partial charge in [-0.05, 0) is 42.6 Å². The average Bonchev–Trinajstić information content (AvgIpc) is 2.43. The van der Waals surface area contributed by atoms with Gasteiger partial charge in [0, 0.05) is 5.69 Å². The molecule has 0 aliphatic rings. The summed E-state index contributed by atoms with van der Waals surface area (Å²) in [6.07, 6.45) is 1.42. The van der Waals surface area contributed by atoms with Crippen LogP contribution in [0.1, 0.15) is 11.1 Å². The number of hydrogen-bond acceptors (Lipinski definition) is 6. The molecule has 0 unspecified atom stereocenters. The zero-order valence-electron chi connectivity index (χ0n) is 11.6. The molecule has 106 valence electrons. The minimum atomic E-state index is 0.0683. The summed E-state index contributed by atoms with van der Waals surface area (Å²) in [6.45, 7) is 4.04. The summed E-state index contributed by atoms with van der Waals surface area (Å²) in [6, 6.07) is 6.13. The molecule has 0 spiro atoms. The quantitative estimate of drug-likeness (QED) is 0.707. The van der Waals surface area contributed by atoms with Gasteiger partial charge in [0.25, 0.3) is 0 Å². The van der Waals surface area contributed by atoms with Gasteiger partial charge in [0.05, 0.1) is 0 Å². The molecule has 0 fully saturated rings. The number of fused-ring (bicyclic) bond motifs is 1. The predicted octanol–water partition coefficient (Wildman–Crippen LogP) is 3.02. The van der Waals surface area contributed by atoms with Gasteiger partial charge < -0.3 is 11.1 Å². The van der Waals surface area contributed by atoms with E-state index < -0.39 is 0 Å². The van der Waals surface area contributed by atoms with Gasteiger partial charge >= 0.3 is 0 Å². The van der Waals surface area contributed by atoms with E-state index in [1.807, 2.05) is 26.0 Å². The number of benzene rings is 1. The Balaban J connectivity index is 2.15. The van der Waals surface area contributed by atoms with Gasteiger partial charge in [0.15, 0.2) is 11.6 Å². The van der Waals surface area contributed by atoms with Crippen LogP contribution in [-0.4, -0.2) is 19.9 Å². The summed E-state index contributed by atoms with van der Waals surface area (Å²) in [7, 11) is 0. The van der Waals surface area contributed by atoms with Crippen LogP contribution in [0.25, 0.3) is 11.0 Å². The molecule has 0 bridgehead atoms. The highest BCUT2D eigenvalue weighted by molar-refractivity contribution is 6.28. The molecular weight excluding hydrogens is 288 g/mol. The van der Waals surface area contributed by atoms with Crippen molar-refractivity contribution in [1.82, 2.24) is 19.9 Å². The maximum Gasteiger partial charge on any atom is 0.225 e. The Morgan fingerprint density at radius 1 is 1.10 bits per heavy atom. The number of nitrogens with zero attached hydrogens (tertiary/aromatic N) is 4. The normalized spacial score (nSPS) is 10.8. The van der Waals surface area contributed by atoms with E-state index in [0.29, 0.717) is 16.9 Å². The van der Waals surface area contributed by atoms with E-state index in [0.717, 1.165) is 16.8 Å². The molecule has 3 aromatic rings. The standard InChI is InChI=1S/C14H13ClN6/c1-7-3-4-8(2)9(5-7)19-13-11-10(17-6-18-13)12(16)21-14(15)20-11/h3-6H,1-2H3,(H2,16,20,21)(H,17,18,19). The first-order chi connectivity index (χ1) is 10.0. The highest BCUT2D eigenvalue weighted by Gasteiger charge is 2.11. The molecule has 3 rings (SSSR count). The highest BCUT2D eigenvalue weighted by atomic mass is 35.5. The van der Waals surface area contributed by atoms with Gasteiger partial charge in [0.1, 0.15) is 17.4 Å². The molecule has 7 heteroatoms. The van der Waals surface area contributed by atoms with Crippen LogP contribution in [-0.2, 0) is 0 Å². The summed E-state index contributed by atoms with van der Waals surface area (Å²) < 4.78 is 0. The van der Waals surface area contributed by atoms with Crippen LogP contribution in [0.15, 0.2) is 24.5 Å². The Labute approximate surface area is 126 Å². The molecule has 2 heterocycles. The van der Waals surface area contributed by atoms with Gasteiger partial charge in [-0.1, -0.05) is 12.1 Å². The van der Waals surface area contributed by atoms with Crippen molar-refractivity contribution in [2.45, 2.75) is 13.8 Å². The van der Waals surface area contributed by atoms with Crippen LogP contribution in [0.5, 0.6) is 0 Å². The van der Waals surface area contributed by atoms with Crippen LogP contribution in [0.2, 0.25) is 5.28 Å². The fraction of sp³-hybridized carbons (Fsp3) is 0.143. The third-order valence-corrected chi connectivity index (χ3v) is 3.30. The van der Waals surface area contributed by atoms with Crippen LogP contribution >= 0.6 is 11.6 Å². The molecule has 0 radical (unpaired) electrons. The zero-order chi connectivity index (χ0) is 15.0. The lowest BCUT2D eigenvalue weighted by Crippen LogP contribution is -2.03. The van der Waals surface area contributed by atoms with Crippen molar-refractivity contribution in [3.05, 3.63) is 40.9 Å². The van der Waals surface area contributed by atoms with E-state index in [9.17, 15) is 0 Å². The Morgan fingerprint density at radius 2 is 1.90 bits per heavy atom. The van der Waals surface area contributed by atoms with Crippen molar-refractivity contribution in [1.29, 1.82) is 0 Å². The SMILES string of the molecule is Cc1ccc(C)c(Nc2ncnc3c(N)nc(Cl)nc23)c1. The van der Waals surface area contributed by atoms with E-state index in [-0.39, 0.29) is 11.1 Å². The third-order valence-electron chi connectivity index (χ3n) is 3.13. The number of aromatic nitrogens is 4. The van der Waals surface area contributed by atoms with E-state index >= 15 is 0 Å². The molecule has 21 heavy (non-hydrogen) atoms. The van der Waals surface area contributed by atoms with E-state index in [1.165, 1.54) is 6.33 Å². The maximum absolute atomic E-state index is 5.87. The summed E-state index contributed by atoms with van der Waals surface area (Å²) in [4.78, 5) is 16.4. The second-order valence-electron chi connectivity index (χ2n) is 4.74. The predicted molar refractivity (Wildman–Crippen MR) is 83.7 cm³/mol. The minimum Gasteiger partial charge on any atom is -0.382 e. The monoisotopic (exact) mass is 300 g/mol. The summed E-state index contributed by atoms with van der Waals surface area (Å²) in [5, 5.41) is 3.32. The van der Waals surface area contributed by atoms with Crippen LogP contribution in [0.4, 0.5) is 17.3 Å². The maximum atomic E-state index is 5.87. The molecule has 3 N–H and O–H groups in total. The highest BCUT2D eigenvalue weighted by Crippen LogP contribution is 2.26. The third kappa shape index (κ3) is 2.57. The van der Waals surface area contributed by atoms with Crippen molar-refractivity contribution in [2.24, 2.45) is 0 Å². The first-order valence-electron chi connectivity index (χ1n) is 6.32. The molecule has 6 nitrogen and oxygen atoms in total. The number of hydrogen-bond donors (Lipinski definition) is 2. The number of halogens is 1. The first kappa shape index (κ1) is 13.5. The topological polar surface area (TPSA) is 89.6 Å². The number of nitrogens with one attached hydrogen (secondary N) is 1. The average molecular weight is 301 g/mol. The number of aryl methyl sites for hydroxylation is 2. The number of rotatable bonds is 2. The van der Waals surface area contributed by atoms with Gasteiger partial charge in [-0.2, -0.15) is 4.98 Å². The van der Waals surface area contributed by atoms with E-state index in [4.69, 9.17) is 17.3 Å². The Hall–Kier alpha value is -2.47. The Morgan fingerprint density at radius 3 is 2.71 bits per heavy atom. The fourth-order valence-corrected chi connectivity index (χ4v) is 2.21. The molecule has 0 amide bonds. The molecule has 1 aromatic carbocycles. The van der Waals surface area contributed by atoms with Gasteiger partial charge in [-0.25, -0.2) is 15.0 Å². The molecule has 0 aliphatic heterocycles. The molecule has 0 atom stereocenters. The van der Waals surface area contributed by atoms with E-state index in [1.54, 1.807) is 0 Å². The van der Waals surface area contributed by atoms with Crippen LogP contribution in [0, 0.1) is 13.8 Å². The number of anilines is 3. The smallest absolute Gasteiger partial charge is 0.225 e. The van der Waals surface area contributed by atoms with E-state index in [2.05, 4.69) is 31.3 Å². The zero-order valence-corrected chi connectivity index (χ0v) is 12.3. The second-order valence-corrected chi connectivity index (χ2v) is 5.08. The molecule has 0 saturated heterocycles.